The first-order valence-electron chi connectivity index (χ1n) is 4.04. The summed E-state index contributed by atoms with van der Waals surface area (Å²) in [5, 5.41) is 8.89. The topological polar surface area (TPSA) is 72.3 Å². The summed E-state index contributed by atoms with van der Waals surface area (Å²) in [4.78, 5) is 10.4. The van der Waals surface area contributed by atoms with Crippen molar-refractivity contribution in [2.75, 3.05) is 6.61 Å². The number of fused-ring (bicyclic) bond motifs is 1. The first-order chi connectivity index (χ1) is 7.59. The van der Waals surface area contributed by atoms with Crippen LogP contribution in [0.4, 0.5) is 0 Å². The number of aromatic nitrogens is 2. The number of carboxylic acids is 1. The van der Waals surface area contributed by atoms with Gasteiger partial charge in [0.25, 0.3) is 0 Å². The van der Waals surface area contributed by atoms with Crippen LogP contribution >= 0.6 is 34.9 Å². The van der Waals surface area contributed by atoms with Crippen molar-refractivity contribution in [3.63, 3.8) is 0 Å². The van der Waals surface area contributed by atoms with Gasteiger partial charge in [0.05, 0.1) is 16.8 Å². The smallest absolute Gasteiger partial charge is 0.341 e. The monoisotopic (exact) mass is 278 g/mol. The van der Waals surface area contributed by atoms with E-state index in [9.17, 15) is 4.79 Å². The maximum absolute atomic E-state index is 10.4. The van der Waals surface area contributed by atoms with Crippen molar-refractivity contribution in [3.8, 4) is 5.75 Å². The van der Waals surface area contributed by atoms with E-state index in [0.29, 0.717) is 11.0 Å². The number of ether oxygens (including phenoxy) is 1. The number of carboxylic acid groups (broad SMARTS) is 1. The Hall–Kier alpha value is -1.11. The second-order valence-electron chi connectivity index (χ2n) is 2.82. The van der Waals surface area contributed by atoms with Gasteiger partial charge in [0.2, 0.25) is 0 Å². The molecule has 0 aliphatic carbocycles. The van der Waals surface area contributed by atoms with Gasteiger partial charge in [-0.1, -0.05) is 23.2 Å². The lowest BCUT2D eigenvalue weighted by atomic mass is 10.3. The Bertz CT molecular complexity index is 557. The quantitative estimate of drug-likeness (QED) is 0.934. The molecule has 1 aromatic carbocycles. The molecule has 8 heteroatoms. The number of rotatable bonds is 3. The number of hydrogen-bond acceptors (Lipinski definition) is 5. The van der Waals surface area contributed by atoms with Gasteiger partial charge in [-0.3, -0.25) is 0 Å². The van der Waals surface area contributed by atoms with Gasteiger partial charge in [-0.15, -0.1) is 0 Å². The number of carbonyl (C=O) groups is 1. The Morgan fingerprint density at radius 3 is 2.94 bits per heavy atom. The van der Waals surface area contributed by atoms with Crippen LogP contribution in [-0.2, 0) is 4.79 Å². The third kappa shape index (κ3) is 2.04. The van der Waals surface area contributed by atoms with Crippen molar-refractivity contribution in [2.45, 2.75) is 0 Å². The molecule has 5 nitrogen and oxygen atoms in total. The van der Waals surface area contributed by atoms with Gasteiger partial charge >= 0.3 is 5.97 Å². The molecular formula is C8H4Cl2N2O3S. The highest BCUT2D eigenvalue weighted by molar-refractivity contribution is 7.00. The Morgan fingerprint density at radius 2 is 2.25 bits per heavy atom. The maximum Gasteiger partial charge on any atom is 0.341 e. The molecule has 0 amide bonds. The number of benzene rings is 1. The largest absolute Gasteiger partial charge is 0.479 e. The highest BCUT2D eigenvalue weighted by atomic mass is 35.5. The summed E-state index contributed by atoms with van der Waals surface area (Å²) in [6.45, 7) is -0.511. The Balaban J connectivity index is 2.46. The average molecular weight is 279 g/mol. The highest BCUT2D eigenvalue weighted by Gasteiger charge is 2.15. The number of aliphatic carboxylic acids is 1. The van der Waals surface area contributed by atoms with Gasteiger partial charge in [0.1, 0.15) is 16.1 Å². The number of hydrogen-bond donors (Lipinski definition) is 1. The molecule has 0 radical (unpaired) electrons. The van der Waals surface area contributed by atoms with E-state index in [2.05, 4.69) is 8.75 Å². The van der Waals surface area contributed by atoms with E-state index in [1.807, 2.05) is 0 Å². The molecule has 0 saturated carbocycles. The van der Waals surface area contributed by atoms with Crippen LogP contribution < -0.4 is 4.74 Å². The molecule has 0 bridgehead atoms. The molecule has 2 rings (SSSR count). The Labute approximate surface area is 104 Å². The third-order valence-electron chi connectivity index (χ3n) is 1.74. The molecule has 16 heavy (non-hydrogen) atoms. The lowest BCUT2D eigenvalue weighted by molar-refractivity contribution is -0.139. The summed E-state index contributed by atoms with van der Waals surface area (Å²) in [5.74, 6) is -0.991. The normalized spacial score (nSPS) is 10.6. The van der Waals surface area contributed by atoms with Crippen molar-refractivity contribution in [1.29, 1.82) is 0 Å². The summed E-state index contributed by atoms with van der Waals surface area (Å²) in [6, 6.07) is 1.53. The number of nitrogens with zero attached hydrogens (tertiary/aromatic N) is 2. The molecule has 1 heterocycles. The van der Waals surface area contributed by atoms with Crippen molar-refractivity contribution >= 4 is 51.9 Å². The summed E-state index contributed by atoms with van der Waals surface area (Å²) in [7, 11) is 0. The van der Waals surface area contributed by atoms with E-state index in [-0.39, 0.29) is 15.8 Å². The molecule has 84 valence electrons. The van der Waals surface area contributed by atoms with Gasteiger partial charge < -0.3 is 9.84 Å². The van der Waals surface area contributed by atoms with Gasteiger partial charge in [0.15, 0.2) is 12.4 Å². The van der Waals surface area contributed by atoms with Crippen LogP contribution in [-0.4, -0.2) is 26.4 Å². The molecule has 0 saturated heterocycles. The molecule has 0 unspecified atom stereocenters. The minimum absolute atomic E-state index is 0.117. The fourth-order valence-electron chi connectivity index (χ4n) is 1.11. The highest BCUT2D eigenvalue weighted by Crippen LogP contribution is 2.38. The minimum atomic E-state index is -1.11. The van der Waals surface area contributed by atoms with Crippen LogP contribution in [0, 0.1) is 0 Å². The van der Waals surface area contributed by atoms with Crippen LogP contribution in [0.15, 0.2) is 6.07 Å². The Kier molecular flexibility index (Phi) is 3.13. The SMILES string of the molecule is O=C(O)COc1c(Cl)cc2nsnc2c1Cl. The lowest BCUT2D eigenvalue weighted by Gasteiger charge is -2.07. The zero-order chi connectivity index (χ0) is 11.7. The van der Waals surface area contributed by atoms with E-state index >= 15 is 0 Å². The van der Waals surface area contributed by atoms with Crippen LogP contribution in [0.1, 0.15) is 0 Å². The zero-order valence-corrected chi connectivity index (χ0v) is 9.94. The molecule has 0 atom stereocenters. The summed E-state index contributed by atoms with van der Waals surface area (Å²) in [6.07, 6.45) is 0. The summed E-state index contributed by atoms with van der Waals surface area (Å²) >= 11 is 12.9. The van der Waals surface area contributed by atoms with E-state index in [4.69, 9.17) is 33.0 Å². The lowest BCUT2D eigenvalue weighted by Crippen LogP contribution is -2.10. The zero-order valence-electron chi connectivity index (χ0n) is 7.61. The summed E-state index contributed by atoms with van der Waals surface area (Å²) in [5.41, 5.74) is 1.01. The molecular weight excluding hydrogens is 275 g/mol. The van der Waals surface area contributed by atoms with Crippen LogP contribution in [0.3, 0.4) is 0 Å². The minimum Gasteiger partial charge on any atom is -0.479 e. The predicted octanol–water partition coefficient (Wildman–Crippen LogP) is 2.46. The molecule has 0 spiro atoms. The van der Waals surface area contributed by atoms with E-state index < -0.39 is 12.6 Å². The van der Waals surface area contributed by atoms with Gasteiger partial charge in [0, 0.05) is 0 Å². The van der Waals surface area contributed by atoms with Crippen molar-refractivity contribution in [3.05, 3.63) is 16.1 Å². The molecule has 0 aliphatic heterocycles. The van der Waals surface area contributed by atoms with Crippen molar-refractivity contribution in [2.24, 2.45) is 0 Å². The van der Waals surface area contributed by atoms with Gasteiger partial charge in [-0.25, -0.2) is 4.79 Å². The van der Waals surface area contributed by atoms with E-state index in [0.717, 1.165) is 11.7 Å². The second kappa shape index (κ2) is 4.40. The van der Waals surface area contributed by atoms with Gasteiger partial charge in [-0.2, -0.15) is 8.75 Å². The summed E-state index contributed by atoms with van der Waals surface area (Å²) < 4.78 is 12.9. The van der Waals surface area contributed by atoms with Crippen LogP contribution in [0.2, 0.25) is 10.0 Å². The first kappa shape index (κ1) is 11.4. The molecule has 1 N–H and O–H groups in total. The molecule has 2 aromatic rings. The fourth-order valence-corrected chi connectivity index (χ4v) is 2.29. The average Bonchev–Trinajstić information content (AvgIpc) is 2.64. The van der Waals surface area contributed by atoms with E-state index in [1.165, 1.54) is 6.07 Å². The maximum atomic E-state index is 10.4. The van der Waals surface area contributed by atoms with Gasteiger partial charge in [-0.05, 0) is 6.07 Å². The standard InChI is InChI=1S/C8H4Cl2N2O3S/c9-3-1-4-7(12-16-11-4)6(10)8(3)15-2-5(13)14/h1H,2H2,(H,13,14). The van der Waals surface area contributed by atoms with E-state index in [1.54, 1.807) is 0 Å². The molecule has 1 aromatic heterocycles. The first-order valence-corrected chi connectivity index (χ1v) is 5.53. The predicted molar refractivity (Wildman–Crippen MR) is 60.6 cm³/mol. The number of halogens is 2. The van der Waals surface area contributed by atoms with Crippen molar-refractivity contribution < 1.29 is 14.6 Å². The van der Waals surface area contributed by atoms with Crippen LogP contribution in [0.5, 0.6) is 5.75 Å². The molecule has 0 aliphatic rings. The fraction of sp³-hybridized carbons (Fsp3) is 0.125. The Morgan fingerprint density at radius 1 is 1.50 bits per heavy atom. The third-order valence-corrected chi connectivity index (χ3v) is 2.92. The van der Waals surface area contributed by atoms with Crippen molar-refractivity contribution in [1.82, 2.24) is 8.75 Å². The van der Waals surface area contributed by atoms with Crippen LogP contribution in [0.25, 0.3) is 11.0 Å². The molecule has 0 fully saturated rings. The second-order valence-corrected chi connectivity index (χ2v) is 4.13.